The Morgan fingerprint density at radius 2 is 2.31 bits per heavy atom. The van der Waals surface area contributed by atoms with Gasteiger partial charge in [0.15, 0.2) is 0 Å². The van der Waals surface area contributed by atoms with E-state index in [4.69, 9.17) is 11.6 Å². The molecule has 0 radical (unpaired) electrons. The maximum absolute atomic E-state index is 9.18. The highest BCUT2D eigenvalue weighted by atomic mass is 127. The van der Waals surface area contributed by atoms with Crippen LogP contribution in [0.25, 0.3) is 10.1 Å². The first-order valence-corrected chi connectivity index (χ1v) is 6.02. The van der Waals surface area contributed by atoms with Crippen LogP contribution in [0.15, 0.2) is 17.5 Å². The van der Waals surface area contributed by atoms with Crippen molar-refractivity contribution >= 4 is 55.6 Å². The largest absolute Gasteiger partial charge is 0.392 e. The van der Waals surface area contributed by atoms with Gasteiger partial charge in [0.2, 0.25) is 0 Å². The van der Waals surface area contributed by atoms with Crippen LogP contribution in [0.3, 0.4) is 0 Å². The van der Waals surface area contributed by atoms with E-state index in [2.05, 4.69) is 22.6 Å². The molecule has 0 saturated heterocycles. The van der Waals surface area contributed by atoms with E-state index in [1.54, 1.807) is 11.3 Å². The molecule has 1 aromatic heterocycles. The number of thiophene rings is 1. The smallest absolute Gasteiger partial charge is 0.0706 e. The molecular formula is C9H6ClIOS. The molecule has 0 aliphatic carbocycles. The summed E-state index contributed by atoms with van der Waals surface area (Å²) < 4.78 is 2.12. The molecule has 1 aromatic carbocycles. The van der Waals surface area contributed by atoms with Crippen molar-refractivity contribution < 1.29 is 5.11 Å². The third kappa shape index (κ3) is 1.58. The predicted molar refractivity (Wildman–Crippen MR) is 65.5 cm³/mol. The summed E-state index contributed by atoms with van der Waals surface area (Å²) in [6.07, 6.45) is 0. The van der Waals surface area contributed by atoms with E-state index in [0.717, 1.165) is 24.2 Å². The molecule has 4 heteroatoms. The Morgan fingerprint density at radius 3 is 3.00 bits per heavy atom. The minimum Gasteiger partial charge on any atom is -0.392 e. The van der Waals surface area contributed by atoms with Crippen LogP contribution in [0.5, 0.6) is 0 Å². The molecule has 0 saturated carbocycles. The lowest BCUT2D eigenvalue weighted by molar-refractivity contribution is 0.282. The fourth-order valence-electron chi connectivity index (χ4n) is 1.26. The molecule has 0 aliphatic heterocycles. The summed E-state index contributed by atoms with van der Waals surface area (Å²) in [5.74, 6) is 0. The summed E-state index contributed by atoms with van der Waals surface area (Å²) in [4.78, 5) is 0. The Balaban J connectivity index is 2.88. The van der Waals surface area contributed by atoms with Gasteiger partial charge in [-0.25, -0.2) is 0 Å². The molecule has 1 N–H and O–H groups in total. The second kappa shape index (κ2) is 3.73. The van der Waals surface area contributed by atoms with Crippen LogP contribution < -0.4 is 0 Å². The molecule has 0 aliphatic rings. The van der Waals surface area contributed by atoms with Gasteiger partial charge in [-0.3, -0.25) is 0 Å². The zero-order valence-corrected chi connectivity index (χ0v) is 10.3. The van der Waals surface area contributed by atoms with Crippen molar-refractivity contribution in [2.45, 2.75) is 6.61 Å². The molecule has 0 atom stereocenters. The lowest BCUT2D eigenvalue weighted by Crippen LogP contribution is -1.88. The molecule has 0 amide bonds. The van der Waals surface area contributed by atoms with E-state index in [1.807, 2.05) is 17.5 Å². The number of halogens is 2. The molecule has 0 fully saturated rings. The van der Waals surface area contributed by atoms with Crippen LogP contribution in [0.4, 0.5) is 0 Å². The Labute approximate surface area is 98.5 Å². The normalized spacial score (nSPS) is 11.0. The van der Waals surface area contributed by atoms with E-state index in [0.29, 0.717) is 0 Å². The molecule has 0 unspecified atom stereocenters. The first kappa shape index (κ1) is 9.71. The van der Waals surface area contributed by atoms with Crippen molar-refractivity contribution in [2.75, 3.05) is 0 Å². The highest BCUT2D eigenvalue weighted by Crippen LogP contribution is 2.34. The molecule has 2 rings (SSSR count). The van der Waals surface area contributed by atoms with E-state index < -0.39 is 0 Å². The van der Waals surface area contributed by atoms with E-state index in [9.17, 15) is 5.11 Å². The van der Waals surface area contributed by atoms with Gasteiger partial charge in [-0.05, 0) is 40.1 Å². The highest BCUT2D eigenvalue weighted by molar-refractivity contribution is 14.1. The minimum absolute atomic E-state index is 0.0758. The Bertz CT molecular complexity index is 452. The molecule has 0 spiro atoms. The first-order chi connectivity index (χ1) is 6.24. The van der Waals surface area contributed by atoms with Crippen LogP contribution in [0.2, 0.25) is 5.02 Å². The summed E-state index contributed by atoms with van der Waals surface area (Å²) >= 11 is 9.86. The first-order valence-electron chi connectivity index (χ1n) is 3.69. The molecule has 68 valence electrons. The maximum Gasteiger partial charge on any atom is 0.0706 e. The van der Waals surface area contributed by atoms with Crippen molar-refractivity contribution in [3.63, 3.8) is 0 Å². The Morgan fingerprint density at radius 1 is 1.54 bits per heavy atom. The van der Waals surface area contributed by atoms with Gasteiger partial charge in [0, 0.05) is 19.2 Å². The monoisotopic (exact) mass is 324 g/mol. The van der Waals surface area contributed by atoms with Crippen molar-refractivity contribution in [1.29, 1.82) is 0 Å². The van der Waals surface area contributed by atoms with Crippen molar-refractivity contribution in [3.05, 3.63) is 31.7 Å². The summed E-state index contributed by atoms with van der Waals surface area (Å²) in [5, 5.41) is 13.0. The standard InChI is InChI=1S/C9H6ClIOS/c10-7-3-8(11)6(4-12)9-5(7)1-2-13-9/h1-3,12H,4H2. The fraction of sp³-hybridized carbons (Fsp3) is 0.111. The lowest BCUT2D eigenvalue weighted by atomic mass is 10.2. The van der Waals surface area contributed by atoms with Gasteiger partial charge < -0.3 is 5.11 Å². The van der Waals surface area contributed by atoms with E-state index >= 15 is 0 Å². The summed E-state index contributed by atoms with van der Waals surface area (Å²) in [7, 11) is 0. The van der Waals surface area contributed by atoms with Gasteiger partial charge in [-0.2, -0.15) is 0 Å². The van der Waals surface area contributed by atoms with Gasteiger partial charge in [0.05, 0.1) is 11.6 Å². The van der Waals surface area contributed by atoms with Crippen molar-refractivity contribution in [2.24, 2.45) is 0 Å². The van der Waals surface area contributed by atoms with E-state index in [-0.39, 0.29) is 6.61 Å². The van der Waals surface area contributed by atoms with Crippen LogP contribution in [0, 0.1) is 3.57 Å². The number of aliphatic hydroxyl groups is 1. The predicted octanol–water partition coefficient (Wildman–Crippen LogP) is 3.65. The molecular weight excluding hydrogens is 319 g/mol. The molecule has 0 bridgehead atoms. The highest BCUT2D eigenvalue weighted by Gasteiger charge is 2.09. The molecule has 1 nitrogen and oxygen atoms in total. The number of hydrogen-bond acceptors (Lipinski definition) is 2. The van der Waals surface area contributed by atoms with Crippen molar-refractivity contribution in [1.82, 2.24) is 0 Å². The summed E-state index contributed by atoms with van der Waals surface area (Å²) in [6.45, 7) is 0.0758. The SMILES string of the molecule is OCc1c(I)cc(Cl)c2ccsc12. The Kier molecular flexibility index (Phi) is 2.78. The van der Waals surface area contributed by atoms with Crippen LogP contribution >= 0.6 is 45.5 Å². The summed E-state index contributed by atoms with van der Waals surface area (Å²) in [6, 6.07) is 3.88. The van der Waals surface area contributed by atoms with Gasteiger partial charge in [-0.15, -0.1) is 11.3 Å². The third-order valence-corrected chi connectivity index (χ3v) is 4.15. The topological polar surface area (TPSA) is 20.2 Å². The van der Waals surface area contributed by atoms with Crippen LogP contribution in [-0.4, -0.2) is 5.11 Å². The zero-order chi connectivity index (χ0) is 9.42. The third-order valence-electron chi connectivity index (χ3n) is 1.90. The number of hydrogen-bond donors (Lipinski definition) is 1. The average molecular weight is 325 g/mol. The second-order valence-electron chi connectivity index (χ2n) is 2.64. The fourth-order valence-corrected chi connectivity index (χ4v) is 3.67. The summed E-state index contributed by atoms with van der Waals surface area (Å²) in [5.41, 5.74) is 0.981. The quantitative estimate of drug-likeness (QED) is 0.794. The zero-order valence-electron chi connectivity index (χ0n) is 6.55. The number of rotatable bonds is 1. The van der Waals surface area contributed by atoms with Crippen LogP contribution in [0.1, 0.15) is 5.56 Å². The number of aliphatic hydroxyl groups excluding tert-OH is 1. The Hall–Kier alpha value is 0.160. The maximum atomic E-state index is 9.18. The van der Waals surface area contributed by atoms with E-state index in [1.165, 1.54) is 0 Å². The van der Waals surface area contributed by atoms with Gasteiger partial charge in [0.25, 0.3) is 0 Å². The molecule has 2 aromatic rings. The number of benzene rings is 1. The molecule has 13 heavy (non-hydrogen) atoms. The van der Waals surface area contributed by atoms with Crippen LogP contribution in [-0.2, 0) is 6.61 Å². The minimum atomic E-state index is 0.0758. The van der Waals surface area contributed by atoms with Gasteiger partial charge >= 0.3 is 0 Å². The second-order valence-corrected chi connectivity index (χ2v) is 5.13. The lowest BCUT2D eigenvalue weighted by Gasteiger charge is -2.03. The van der Waals surface area contributed by atoms with Gasteiger partial charge in [0.1, 0.15) is 0 Å². The van der Waals surface area contributed by atoms with Crippen molar-refractivity contribution in [3.8, 4) is 0 Å². The van der Waals surface area contributed by atoms with Gasteiger partial charge in [-0.1, -0.05) is 11.6 Å². The average Bonchev–Trinajstić information content (AvgIpc) is 2.53. The number of fused-ring (bicyclic) bond motifs is 1. The molecule has 1 heterocycles.